The van der Waals surface area contributed by atoms with E-state index in [1.54, 1.807) is 0 Å². The number of phenolic OH excluding ortho intramolecular Hbond substituents is 3. The van der Waals surface area contributed by atoms with Crippen molar-refractivity contribution in [3.05, 3.63) is 117 Å². The number of nitrogens with two attached hydrogens (primary N) is 2. The molecule has 12 rings (SSSR count). The highest BCUT2D eigenvalue weighted by molar-refractivity contribution is 6.32. The molecule has 0 saturated carbocycles. The summed E-state index contributed by atoms with van der Waals surface area (Å²) in [6.45, 7) is 5.77. The van der Waals surface area contributed by atoms with Gasteiger partial charge in [-0.25, -0.2) is 4.79 Å². The first kappa shape index (κ1) is 75.1. The van der Waals surface area contributed by atoms with Crippen LogP contribution in [0, 0.1) is 17.8 Å². The number of aliphatic hydroxyl groups is 6. The van der Waals surface area contributed by atoms with E-state index in [1.807, 2.05) is 13.8 Å². The van der Waals surface area contributed by atoms with Gasteiger partial charge in [-0.3, -0.25) is 33.6 Å². The van der Waals surface area contributed by atoms with Crippen molar-refractivity contribution in [1.29, 1.82) is 0 Å². The van der Waals surface area contributed by atoms with Gasteiger partial charge in [-0.1, -0.05) is 55.2 Å². The number of benzene rings is 5. The van der Waals surface area contributed by atoms with Crippen LogP contribution in [-0.2, 0) is 52.6 Å². The molecule has 4 amide bonds. The molecule has 7 heterocycles. The molecule has 0 radical (unpaired) electrons. The van der Waals surface area contributed by atoms with Gasteiger partial charge < -0.3 is 112 Å². The number of Topliss-reactive ketones (excluding diaryl/α,β-unsaturated/α-hetero) is 3. The summed E-state index contributed by atoms with van der Waals surface area (Å²) in [7, 11) is 1.52. The van der Waals surface area contributed by atoms with Crippen LogP contribution in [-0.4, -0.2) is 178 Å². The van der Waals surface area contributed by atoms with Crippen LogP contribution < -0.4 is 46.9 Å². The lowest BCUT2D eigenvalue weighted by molar-refractivity contribution is -0.333. The Balaban J connectivity index is 1.24. The number of hydrogen-bond donors (Lipinski definition) is 16. The van der Waals surface area contributed by atoms with Gasteiger partial charge in [-0.15, -0.1) is 0 Å². The van der Waals surface area contributed by atoms with Crippen molar-refractivity contribution < 1.29 is 118 Å². The molecule has 18 atom stereocenters. The number of carboxylic acids is 1. The maximum Gasteiger partial charge on any atom is 0.330 e. The number of nitrogens with one attached hydrogen (secondary N) is 4. The zero-order valence-corrected chi connectivity index (χ0v) is 56.5. The lowest BCUT2D eigenvalue weighted by atomic mass is 9.84. The van der Waals surface area contributed by atoms with Crippen LogP contribution in [0.3, 0.4) is 0 Å². The normalized spacial score (nSPS) is 29.6. The summed E-state index contributed by atoms with van der Waals surface area (Å²) in [5.41, 5.74) is 8.61. The molecule has 5 aromatic carbocycles. The second-order valence-electron chi connectivity index (χ2n) is 26.6. The average molecular weight is 1450 g/mol. The van der Waals surface area contributed by atoms with Crippen LogP contribution in [0.4, 0.5) is 0 Å². The highest BCUT2D eigenvalue weighted by Crippen LogP contribution is 2.51. The number of amides is 4. The van der Waals surface area contributed by atoms with E-state index in [1.165, 1.54) is 51.2 Å². The van der Waals surface area contributed by atoms with E-state index in [2.05, 4.69) is 21.3 Å². The quantitative estimate of drug-likeness (QED) is 0.0759. The number of fused-ring (bicyclic) bond motifs is 15. The summed E-state index contributed by atoms with van der Waals surface area (Å²) >= 11 is 14.2. The van der Waals surface area contributed by atoms with Gasteiger partial charge in [0, 0.05) is 54.0 Å². The van der Waals surface area contributed by atoms with E-state index >= 15 is 14.4 Å². The van der Waals surface area contributed by atoms with Crippen molar-refractivity contribution in [2.24, 2.45) is 29.2 Å². The zero-order valence-electron chi connectivity index (χ0n) is 54.9. The fourth-order valence-electron chi connectivity index (χ4n) is 13.3. The van der Waals surface area contributed by atoms with Gasteiger partial charge in [0.15, 0.2) is 47.3 Å². The van der Waals surface area contributed by atoms with Crippen LogP contribution in [0.1, 0.15) is 124 Å². The maximum absolute atomic E-state index is 16.1. The Morgan fingerprint density at radius 2 is 1.37 bits per heavy atom. The Labute approximate surface area is 586 Å². The van der Waals surface area contributed by atoms with Gasteiger partial charge in [-0.05, 0) is 110 Å². The predicted octanol–water partition coefficient (Wildman–Crippen LogP) is 3.17. The Kier molecular flexibility index (Phi) is 22.7. The molecule has 2 fully saturated rings. The Morgan fingerprint density at radius 1 is 0.733 bits per heavy atom. The number of carbonyl (C=O) groups excluding carboxylic acids is 7. The van der Waals surface area contributed by atoms with Gasteiger partial charge in [0.05, 0.1) is 77.3 Å². The minimum Gasteiger partial charge on any atom is -0.508 e. The van der Waals surface area contributed by atoms with Crippen LogP contribution in [0.5, 0.6) is 46.0 Å². The molecular formula is C69H78Cl2N6O24. The molecule has 0 aromatic heterocycles. The molecular weight excluding hydrogens is 1370 g/mol. The van der Waals surface area contributed by atoms with Gasteiger partial charge in [0.1, 0.15) is 53.1 Å². The number of hydrogen-bond acceptors (Lipinski definition) is 25. The highest BCUT2D eigenvalue weighted by atomic mass is 35.5. The third-order valence-corrected chi connectivity index (χ3v) is 19.3. The minimum absolute atomic E-state index is 0.0458. The molecule has 30 nitrogen and oxygen atoms in total. The van der Waals surface area contributed by atoms with E-state index in [0.29, 0.717) is 0 Å². The average Bonchev–Trinajstić information content (AvgIpc) is 0.775. The van der Waals surface area contributed by atoms with Crippen molar-refractivity contribution in [2.45, 2.75) is 163 Å². The first-order chi connectivity index (χ1) is 47.7. The third-order valence-electron chi connectivity index (χ3n) is 18.7. The number of rotatable bonds is 14. The summed E-state index contributed by atoms with van der Waals surface area (Å²) in [5, 5.41) is 124. The van der Waals surface area contributed by atoms with E-state index < -0.39 is 244 Å². The Bertz CT molecular complexity index is 4060. The van der Waals surface area contributed by atoms with Gasteiger partial charge in [0.2, 0.25) is 35.7 Å². The van der Waals surface area contributed by atoms with Gasteiger partial charge in [0.25, 0.3) is 0 Å². The van der Waals surface area contributed by atoms with Crippen molar-refractivity contribution in [2.75, 3.05) is 13.7 Å². The number of ether oxygens (including phenoxy) is 6. The molecule has 11 bridgehead atoms. The lowest BCUT2D eigenvalue weighted by Gasteiger charge is -2.47. The van der Waals surface area contributed by atoms with Crippen molar-refractivity contribution in [1.82, 2.24) is 21.3 Å². The molecule has 101 heavy (non-hydrogen) atoms. The number of halogens is 2. The fourth-order valence-corrected chi connectivity index (χ4v) is 13.7. The number of aliphatic carboxylic acids is 1. The van der Waals surface area contributed by atoms with Crippen LogP contribution in [0.25, 0.3) is 11.1 Å². The van der Waals surface area contributed by atoms with E-state index in [9.17, 15) is 75.0 Å². The molecule has 3 unspecified atom stereocenters. The van der Waals surface area contributed by atoms with Crippen LogP contribution >= 0.6 is 23.2 Å². The molecule has 7 aliphatic heterocycles. The largest absolute Gasteiger partial charge is 0.508 e. The molecule has 32 heteroatoms. The molecule has 2 saturated heterocycles. The van der Waals surface area contributed by atoms with Gasteiger partial charge >= 0.3 is 5.97 Å². The maximum atomic E-state index is 16.1. The third kappa shape index (κ3) is 16.0. The predicted molar refractivity (Wildman–Crippen MR) is 353 cm³/mol. The van der Waals surface area contributed by atoms with E-state index in [4.69, 9.17) is 63.1 Å². The Hall–Kier alpha value is -8.60. The van der Waals surface area contributed by atoms with Crippen molar-refractivity contribution in [3.63, 3.8) is 0 Å². The van der Waals surface area contributed by atoms with Crippen LogP contribution in [0.15, 0.2) is 78.9 Å². The standard InChI is InChI=1S/C69H78Cl2N6O24/c1-26(2)12-40(74-5)43(81)21-36-57(86)29-7-10-47(38(70)14-29)97-49-16-31-17-50(61(49)101-68-62(60(89)59(88)51(25-78)99-68)100-53-24-69(4,73)63(90)27(3)96-53)98-48-11-8-30(15-39(48)71)58(87)37-22-46(84)55(76-64(91)33(31)20-44(82)41(23-52(72)85)75-65(36)92)28-6-9-42(80)34(13-28)54-35(18-32(79)19-45(54)83)56(67(94)95)77-66(37)93/h6-11,13-19,26-27,33,36-37,40-41,51,53,55-60,62-63,68,74,78-80,83,86-90H,12,20-25,73H2,1-5H3,(H2,72,85)(H,75,92)(H,76,91)(H,77,93)(H,94,95)/t27-,33?,36+,37-,40+,41-,51+,53?,55+,56-,57+,58?,59+,60-,62+,63+,68-,69-/m0/s1. The SMILES string of the molecule is CN[C@H](CC(C)C)C(=O)C[C@H]1C(=O)N[C@@H](CC(N)=O)C(=O)CC2C(=O)N[C@H]3C(=O)C[C@H](C(=O)N[C@H](C(=O)O)c4cc(O)cc(O)c4-c4cc3ccc4O)C(O)c3ccc(c(Cl)c3)Oc3cc2cc(c3O[C@@H]2O[C@H](CO)[C@@H](O)[C@H](O)[C@H]2OC2C[C@](C)(N)[C@H](O)[C@H](C)O2)Oc2ccc(cc2Cl)[C@H]1O. The number of likely N-dealkylation sites (N-methyl/N-ethyl adjacent to an activating group) is 1. The summed E-state index contributed by atoms with van der Waals surface area (Å²) in [6, 6.07) is 7.24. The summed E-state index contributed by atoms with van der Waals surface area (Å²) in [5.74, 6) is -20.0. The smallest absolute Gasteiger partial charge is 0.330 e. The molecule has 0 aliphatic carbocycles. The lowest BCUT2D eigenvalue weighted by Crippen LogP contribution is -2.64. The zero-order chi connectivity index (χ0) is 73.5. The molecule has 0 spiro atoms. The van der Waals surface area contributed by atoms with Gasteiger partial charge in [-0.2, -0.15) is 0 Å². The number of carbonyl (C=O) groups is 8. The van der Waals surface area contributed by atoms with Crippen molar-refractivity contribution in [3.8, 4) is 57.1 Å². The number of phenols is 3. The number of carboxylic acid groups (broad SMARTS) is 1. The van der Waals surface area contributed by atoms with Crippen molar-refractivity contribution >= 4 is 70.1 Å². The minimum atomic E-state index is -2.20. The number of ketones is 3. The Morgan fingerprint density at radius 3 is 1.95 bits per heavy atom. The number of aliphatic hydroxyl groups excluding tert-OH is 6. The second-order valence-corrected chi connectivity index (χ2v) is 27.4. The number of aromatic hydroxyl groups is 3. The monoisotopic (exact) mass is 1440 g/mol. The topological polar surface area (TPSA) is 494 Å². The summed E-state index contributed by atoms with van der Waals surface area (Å²) in [6.07, 6.45) is -20.8. The van der Waals surface area contributed by atoms with E-state index in [-0.39, 0.29) is 57.5 Å². The second kappa shape index (κ2) is 30.5. The molecule has 18 N–H and O–H groups in total. The highest BCUT2D eigenvalue weighted by Gasteiger charge is 2.51. The fraction of sp³-hybridized carbons (Fsp3) is 0.449. The van der Waals surface area contributed by atoms with E-state index in [0.717, 1.165) is 48.5 Å². The first-order valence-corrected chi connectivity index (χ1v) is 33.0. The first-order valence-electron chi connectivity index (χ1n) is 32.3. The molecule has 7 aliphatic rings. The van der Waals surface area contributed by atoms with Crippen LogP contribution in [0.2, 0.25) is 10.0 Å². The number of primary amides is 1. The molecule has 542 valence electrons. The molecule has 5 aromatic rings. The summed E-state index contributed by atoms with van der Waals surface area (Å²) < 4.78 is 38.5. The summed E-state index contributed by atoms with van der Waals surface area (Å²) in [4.78, 5) is 118.